The van der Waals surface area contributed by atoms with Crippen LogP contribution in [0.15, 0.2) is 28.7 Å². The Labute approximate surface area is 109 Å². The third-order valence-corrected chi connectivity index (χ3v) is 3.56. The van der Waals surface area contributed by atoms with Gasteiger partial charge in [0, 0.05) is 16.1 Å². The monoisotopic (exact) mass is 308 g/mol. The first-order chi connectivity index (χ1) is 7.33. The van der Waals surface area contributed by atoms with Crippen LogP contribution in [0, 0.1) is 0 Å². The number of thioether (sulfide) groups is 1. The van der Waals surface area contributed by atoms with Gasteiger partial charge >= 0.3 is 0 Å². The largest absolute Gasteiger partial charge is 0.493 e. The summed E-state index contributed by atoms with van der Waals surface area (Å²) in [6.07, 6.45) is 1.07. The van der Waals surface area contributed by atoms with Crippen molar-refractivity contribution in [3.05, 3.63) is 28.7 Å². The number of hydrogen-bond donors (Lipinski definition) is 0. The predicted octanol–water partition coefficient (Wildman–Crippen LogP) is 4.19. The Hall–Kier alpha value is 0.140. The van der Waals surface area contributed by atoms with Gasteiger partial charge in [-0.2, -0.15) is 11.8 Å². The van der Waals surface area contributed by atoms with Crippen molar-refractivity contribution in [2.75, 3.05) is 24.0 Å². The van der Waals surface area contributed by atoms with Crippen molar-refractivity contribution in [3.63, 3.8) is 0 Å². The molecule has 1 aromatic carbocycles. The van der Waals surface area contributed by atoms with E-state index >= 15 is 0 Å². The maximum Gasteiger partial charge on any atom is 0.119 e. The normalized spacial score (nSPS) is 10.3. The quantitative estimate of drug-likeness (QED) is 0.552. The van der Waals surface area contributed by atoms with Crippen molar-refractivity contribution in [1.82, 2.24) is 0 Å². The van der Waals surface area contributed by atoms with Gasteiger partial charge in [-0.25, -0.2) is 0 Å². The summed E-state index contributed by atoms with van der Waals surface area (Å²) in [5.41, 5.74) is 0. The van der Waals surface area contributed by atoms with Crippen molar-refractivity contribution in [3.8, 4) is 5.75 Å². The number of hydrogen-bond acceptors (Lipinski definition) is 2. The van der Waals surface area contributed by atoms with Gasteiger partial charge < -0.3 is 4.74 Å². The summed E-state index contributed by atoms with van der Waals surface area (Å²) in [5, 5.41) is 0. The van der Waals surface area contributed by atoms with E-state index in [4.69, 9.17) is 16.3 Å². The lowest BCUT2D eigenvalue weighted by molar-refractivity contribution is 0.344. The molecule has 0 aliphatic carbocycles. The van der Waals surface area contributed by atoms with E-state index < -0.39 is 0 Å². The van der Waals surface area contributed by atoms with Crippen LogP contribution in [0.25, 0.3) is 0 Å². The zero-order chi connectivity index (χ0) is 10.9. The summed E-state index contributed by atoms with van der Waals surface area (Å²) in [4.78, 5) is 0. The third kappa shape index (κ3) is 6.33. The number of ether oxygens (including phenoxy) is 1. The fraction of sp³-hybridized carbons (Fsp3) is 0.455. The molecule has 0 unspecified atom stereocenters. The van der Waals surface area contributed by atoms with Crippen molar-refractivity contribution < 1.29 is 4.74 Å². The molecule has 0 bridgehead atoms. The Bertz CT molecular complexity index is 266. The standard InChI is InChI=1S/C11H14BrClOS/c12-10-2-4-11(5-3-10)14-7-9-15-8-1-6-13/h2-5H,1,6-9H2. The molecule has 0 radical (unpaired) electrons. The van der Waals surface area contributed by atoms with Crippen LogP contribution in [-0.2, 0) is 0 Å². The van der Waals surface area contributed by atoms with E-state index in [0.717, 1.165) is 40.6 Å². The second-order valence-electron chi connectivity index (χ2n) is 2.96. The van der Waals surface area contributed by atoms with Crippen LogP contribution < -0.4 is 4.74 Å². The number of rotatable bonds is 7. The van der Waals surface area contributed by atoms with E-state index in [9.17, 15) is 0 Å². The zero-order valence-electron chi connectivity index (χ0n) is 8.42. The molecule has 15 heavy (non-hydrogen) atoms. The van der Waals surface area contributed by atoms with Gasteiger partial charge in [0.15, 0.2) is 0 Å². The van der Waals surface area contributed by atoms with Crippen LogP contribution in [0.1, 0.15) is 6.42 Å². The molecule has 0 aliphatic heterocycles. The second kappa shape index (κ2) is 8.31. The summed E-state index contributed by atoms with van der Waals surface area (Å²) in [5.74, 6) is 3.82. The molecular weight excluding hydrogens is 296 g/mol. The Balaban J connectivity index is 2.07. The Kier molecular flexibility index (Phi) is 7.32. The molecule has 1 aromatic rings. The lowest BCUT2D eigenvalue weighted by Gasteiger charge is -2.05. The zero-order valence-corrected chi connectivity index (χ0v) is 11.6. The molecule has 1 rings (SSSR count). The topological polar surface area (TPSA) is 9.23 Å². The minimum Gasteiger partial charge on any atom is -0.493 e. The highest BCUT2D eigenvalue weighted by Gasteiger charge is 1.94. The van der Waals surface area contributed by atoms with Crippen molar-refractivity contribution in [2.24, 2.45) is 0 Å². The van der Waals surface area contributed by atoms with E-state index in [-0.39, 0.29) is 0 Å². The van der Waals surface area contributed by atoms with Gasteiger partial charge in [-0.3, -0.25) is 0 Å². The number of benzene rings is 1. The van der Waals surface area contributed by atoms with E-state index in [2.05, 4.69) is 15.9 Å². The van der Waals surface area contributed by atoms with Crippen LogP contribution >= 0.6 is 39.3 Å². The summed E-state index contributed by atoms with van der Waals surface area (Å²) in [6.45, 7) is 0.759. The molecule has 0 saturated heterocycles. The first-order valence-corrected chi connectivity index (χ1v) is 7.33. The highest BCUT2D eigenvalue weighted by molar-refractivity contribution is 9.10. The van der Waals surface area contributed by atoms with E-state index in [1.165, 1.54) is 0 Å². The second-order valence-corrected chi connectivity index (χ2v) is 5.48. The molecular formula is C11H14BrClOS. The first kappa shape index (κ1) is 13.2. The fourth-order valence-electron chi connectivity index (χ4n) is 1.01. The average molecular weight is 310 g/mol. The molecule has 1 nitrogen and oxygen atoms in total. The van der Waals surface area contributed by atoms with E-state index in [1.54, 1.807) is 0 Å². The van der Waals surface area contributed by atoms with E-state index in [1.807, 2.05) is 36.0 Å². The fourth-order valence-corrected chi connectivity index (χ4v) is 2.32. The minimum absolute atomic E-state index is 0.751. The number of alkyl halides is 1. The highest BCUT2D eigenvalue weighted by atomic mass is 79.9. The van der Waals surface area contributed by atoms with Crippen LogP contribution in [-0.4, -0.2) is 24.0 Å². The van der Waals surface area contributed by atoms with Gasteiger partial charge in [-0.15, -0.1) is 11.6 Å². The van der Waals surface area contributed by atoms with Gasteiger partial charge in [-0.1, -0.05) is 15.9 Å². The van der Waals surface area contributed by atoms with Crippen molar-refractivity contribution >= 4 is 39.3 Å². The third-order valence-electron chi connectivity index (χ3n) is 1.73. The van der Waals surface area contributed by atoms with Gasteiger partial charge in [0.25, 0.3) is 0 Å². The molecule has 0 heterocycles. The van der Waals surface area contributed by atoms with Crippen molar-refractivity contribution in [2.45, 2.75) is 6.42 Å². The highest BCUT2D eigenvalue weighted by Crippen LogP contribution is 2.16. The average Bonchev–Trinajstić information content (AvgIpc) is 2.26. The maximum absolute atomic E-state index is 5.58. The van der Waals surface area contributed by atoms with Gasteiger partial charge in [-0.05, 0) is 36.4 Å². The molecule has 0 fully saturated rings. The van der Waals surface area contributed by atoms with Crippen molar-refractivity contribution in [1.29, 1.82) is 0 Å². The molecule has 84 valence electrons. The van der Waals surface area contributed by atoms with Gasteiger partial charge in [0.1, 0.15) is 5.75 Å². The van der Waals surface area contributed by atoms with Gasteiger partial charge in [0.2, 0.25) is 0 Å². The lowest BCUT2D eigenvalue weighted by atomic mass is 10.3. The summed E-state index contributed by atoms with van der Waals surface area (Å²) in [6, 6.07) is 7.90. The Morgan fingerprint density at radius 1 is 1.20 bits per heavy atom. The summed E-state index contributed by atoms with van der Waals surface area (Å²) in [7, 11) is 0. The molecule has 4 heteroatoms. The Morgan fingerprint density at radius 3 is 2.60 bits per heavy atom. The first-order valence-electron chi connectivity index (χ1n) is 4.85. The van der Waals surface area contributed by atoms with Gasteiger partial charge in [0.05, 0.1) is 6.61 Å². The molecule has 0 atom stereocenters. The maximum atomic E-state index is 5.58. The summed E-state index contributed by atoms with van der Waals surface area (Å²) >= 11 is 10.8. The molecule has 0 N–H and O–H groups in total. The van der Waals surface area contributed by atoms with Crippen LogP contribution in [0.4, 0.5) is 0 Å². The lowest BCUT2D eigenvalue weighted by Crippen LogP contribution is -2.00. The minimum atomic E-state index is 0.751. The Morgan fingerprint density at radius 2 is 1.93 bits per heavy atom. The van der Waals surface area contributed by atoms with E-state index in [0.29, 0.717) is 0 Å². The SMILES string of the molecule is ClCCCSCCOc1ccc(Br)cc1. The number of halogens is 2. The molecule has 0 aromatic heterocycles. The predicted molar refractivity (Wildman–Crippen MR) is 72.3 cm³/mol. The van der Waals surface area contributed by atoms with Crippen LogP contribution in [0.5, 0.6) is 5.75 Å². The smallest absolute Gasteiger partial charge is 0.119 e. The molecule has 0 spiro atoms. The molecule has 0 aliphatic rings. The molecule has 0 amide bonds. The summed E-state index contributed by atoms with van der Waals surface area (Å²) < 4.78 is 6.64. The molecule has 0 saturated carbocycles. The van der Waals surface area contributed by atoms with Crippen LogP contribution in [0.2, 0.25) is 0 Å². The van der Waals surface area contributed by atoms with Crippen LogP contribution in [0.3, 0.4) is 0 Å².